The number of aromatic hydroxyl groups is 1. The van der Waals surface area contributed by atoms with Gasteiger partial charge in [-0.05, 0) is 48.9 Å². The molecule has 4 rings (SSSR count). The molecular formula is C18H19N3O2. The van der Waals surface area contributed by atoms with Gasteiger partial charge in [-0.15, -0.1) is 0 Å². The predicted octanol–water partition coefficient (Wildman–Crippen LogP) is 3.07. The Kier molecular flexibility index (Phi) is 3.41. The molecule has 2 heterocycles. The van der Waals surface area contributed by atoms with Crippen molar-refractivity contribution in [1.82, 2.24) is 14.5 Å². The number of methoxy groups -OCH3 is 1. The Labute approximate surface area is 134 Å². The Bertz CT molecular complexity index is 870. The largest absolute Gasteiger partial charge is 0.497 e. The molecule has 0 saturated carbocycles. The molecule has 0 amide bonds. The third-order valence-corrected chi connectivity index (χ3v) is 4.60. The summed E-state index contributed by atoms with van der Waals surface area (Å²) in [7, 11) is 1.68. The van der Waals surface area contributed by atoms with Crippen LogP contribution in [0.5, 0.6) is 11.6 Å². The first-order valence-corrected chi connectivity index (χ1v) is 7.95. The van der Waals surface area contributed by atoms with E-state index < -0.39 is 0 Å². The van der Waals surface area contributed by atoms with Crippen LogP contribution >= 0.6 is 0 Å². The maximum atomic E-state index is 10.2. The first kappa shape index (κ1) is 14.1. The van der Waals surface area contributed by atoms with Gasteiger partial charge in [0.15, 0.2) is 0 Å². The van der Waals surface area contributed by atoms with E-state index in [-0.39, 0.29) is 5.88 Å². The van der Waals surface area contributed by atoms with Crippen LogP contribution in [0.25, 0.3) is 11.0 Å². The lowest BCUT2D eigenvalue weighted by Crippen LogP contribution is -2.09. The topological polar surface area (TPSA) is 60.2 Å². The summed E-state index contributed by atoms with van der Waals surface area (Å²) in [5.41, 5.74) is 4.48. The maximum absolute atomic E-state index is 10.2. The summed E-state index contributed by atoms with van der Waals surface area (Å²) in [5.74, 6) is 0.947. The monoisotopic (exact) mass is 309 g/mol. The van der Waals surface area contributed by atoms with Crippen LogP contribution in [-0.2, 0) is 19.4 Å². The molecule has 1 aliphatic rings. The van der Waals surface area contributed by atoms with E-state index in [1.54, 1.807) is 7.11 Å². The summed E-state index contributed by atoms with van der Waals surface area (Å²) in [4.78, 5) is 8.42. The van der Waals surface area contributed by atoms with Gasteiger partial charge in [0.05, 0.1) is 12.5 Å². The van der Waals surface area contributed by atoms with Gasteiger partial charge in [0.25, 0.3) is 0 Å². The number of aromatic nitrogens is 3. The quantitative estimate of drug-likeness (QED) is 0.808. The van der Waals surface area contributed by atoms with Gasteiger partial charge in [0.1, 0.15) is 17.7 Å². The lowest BCUT2D eigenvalue weighted by atomic mass is 9.96. The Balaban J connectivity index is 1.87. The van der Waals surface area contributed by atoms with Gasteiger partial charge < -0.3 is 14.4 Å². The van der Waals surface area contributed by atoms with Crippen molar-refractivity contribution in [2.75, 3.05) is 7.11 Å². The molecular weight excluding hydrogens is 290 g/mol. The van der Waals surface area contributed by atoms with E-state index in [2.05, 4.69) is 20.6 Å². The molecule has 1 aromatic carbocycles. The van der Waals surface area contributed by atoms with Gasteiger partial charge in [0, 0.05) is 12.2 Å². The second-order valence-electron chi connectivity index (χ2n) is 5.97. The highest BCUT2D eigenvalue weighted by Gasteiger charge is 2.23. The molecule has 0 bridgehead atoms. The number of ether oxygens (including phenoxy) is 1. The van der Waals surface area contributed by atoms with Crippen molar-refractivity contribution < 1.29 is 9.84 Å². The van der Waals surface area contributed by atoms with E-state index in [0.29, 0.717) is 0 Å². The van der Waals surface area contributed by atoms with Crippen LogP contribution in [0.2, 0.25) is 0 Å². The predicted molar refractivity (Wildman–Crippen MR) is 87.9 cm³/mol. The minimum Gasteiger partial charge on any atom is -0.497 e. The summed E-state index contributed by atoms with van der Waals surface area (Å²) in [6, 6.07) is 8.08. The van der Waals surface area contributed by atoms with Crippen molar-refractivity contribution in [3.05, 3.63) is 47.4 Å². The fraction of sp³-hybridized carbons (Fsp3) is 0.333. The van der Waals surface area contributed by atoms with Crippen molar-refractivity contribution in [2.45, 2.75) is 32.2 Å². The summed E-state index contributed by atoms with van der Waals surface area (Å²) in [6.45, 7) is 0.722. The van der Waals surface area contributed by atoms with E-state index in [0.717, 1.165) is 48.2 Å². The van der Waals surface area contributed by atoms with E-state index in [9.17, 15) is 5.11 Å². The molecule has 0 fully saturated rings. The Hall–Kier alpha value is -2.56. The van der Waals surface area contributed by atoms with Crippen LogP contribution < -0.4 is 4.74 Å². The standard InChI is InChI=1S/C18H19N3O2/c1-23-13-6-4-5-12(9-13)10-21-15-8-3-2-7-14(15)16-17(21)19-11-20-18(16)22/h4-6,9,11H,2-3,7-8,10H2,1H3,(H,19,20,22). The summed E-state index contributed by atoms with van der Waals surface area (Å²) in [5, 5.41) is 11.0. The first-order chi connectivity index (χ1) is 11.3. The van der Waals surface area contributed by atoms with Crippen LogP contribution in [0.4, 0.5) is 0 Å². The van der Waals surface area contributed by atoms with Gasteiger partial charge in [-0.25, -0.2) is 9.97 Å². The van der Waals surface area contributed by atoms with Crippen molar-refractivity contribution in [3.8, 4) is 11.6 Å². The minimum absolute atomic E-state index is 0.0949. The average molecular weight is 309 g/mol. The molecule has 0 spiro atoms. The molecule has 0 atom stereocenters. The molecule has 1 aliphatic carbocycles. The van der Waals surface area contributed by atoms with Crippen molar-refractivity contribution in [1.29, 1.82) is 0 Å². The third-order valence-electron chi connectivity index (χ3n) is 4.60. The van der Waals surface area contributed by atoms with E-state index >= 15 is 0 Å². The zero-order valence-corrected chi connectivity index (χ0v) is 13.1. The fourth-order valence-electron chi connectivity index (χ4n) is 3.55. The molecule has 2 aromatic heterocycles. The fourth-order valence-corrected chi connectivity index (χ4v) is 3.55. The van der Waals surface area contributed by atoms with Gasteiger partial charge in [0.2, 0.25) is 5.88 Å². The Morgan fingerprint density at radius 3 is 2.96 bits per heavy atom. The lowest BCUT2D eigenvalue weighted by molar-refractivity contribution is 0.414. The molecule has 1 N–H and O–H groups in total. The van der Waals surface area contributed by atoms with Gasteiger partial charge >= 0.3 is 0 Å². The summed E-state index contributed by atoms with van der Waals surface area (Å²) >= 11 is 0. The highest BCUT2D eigenvalue weighted by atomic mass is 16.5. The van der Waals surface area contributed by atoms with Crippen molar-refractivity contribution in [3.63, 3.8) is 0 Å². The van der Waals surface area contributed by atoms with E-state index in [4.69, 9.17) is 4.74 Å². The number of hydrogen-bond acceptors (Lipinski definition) is 4. The van der Waals surface area contributed by atoms with Crippen LogP contribution in [0.1, 0.15) is 29.7 Å². The number of nitrogens with zero attached hydrogens (tertiary/aromatic N) is 3. The minimum atomic E-state index is 0.0949. The number of fused-ring (bicyclic) bond motifs is 3. The van der Waals surface area contributed by atoms with Gasteiger partial charge in [-0.1, -0.05) is 12.1 Å². The van der Waals surface area contributed by atoms with Crippen LogP contribution in [-0.4, -0.2) is 26.8 Å². The smallest absolute Gasteiger partial charge is 0.223 e. The van der Waals surface area contributed by atoms with Crippen LogP contribution in [0, 0.1) is 0 Å². The zero-order valence-electron chi connectivity index (χ0n) is 13.1. The molecule has 5 nitrogen and oxygen atoms in total. The van der Waals surface area contributed by atoms with Gasteiger partial charge in [-0.2, -0.15) is 0 Å². The lowest BCUT2D eigenvalue weighted by Gasteiger charge is -2.16. The molecule has 0 radical (unpaired) electrons. The molecule has 118 valence electrons. The summed E-state index contributed by atoms with van der Waals surface area (Å²) < 4.78 is 7.54. The second kappa shape index (κ2) is 5.57. The number of benzene rings is 1. The van der Waals surface area contributed by atoms with Crippen LogP contribution in [0.15, 0.2) is 30.6 Å². The average Bonchev–Trinajstić information content (AvgIpc) is 2.91. The molecule has 3 aromatic rings. The normalized spacial score (nSPS) is 14.0. The Morgan fingerprint density at radius 2 is 2.09 bits per heavy atom. The molecule has 0 saturated heterocycles. The van der Waals surface area contributed by atoms with Crippen molar-refractivity contribution >= 4 is 11.0 Å². The number of rotatable bonds is 3. The SMILES string of the molecule is COc1cccc(Cn2c3c(c4c(O)ncnc42)CCCC3)c1. The second-order valence-corrected chi connectivity index (χ2v) is 5.97. The molecule has 0 unspecified atom stereocenters. The molecule has 5 heteroatoms. The van der Waals surface area contributed by atoms with E-state index in [1.807, 2.05) is 18.2 Å². The molecule has 23 heavy (non-hydrogen) atoms. The first-order valence-electron chi connectivity index (χ1n) is 7.95. The van der Waals surface area contributed by atoms with Crippen LogP contribution in [0.3, 0.4) is 0 Å². The zero-order chi connectivity index (χ0) is 15.8. The Morgan fingerprint density at radius 1 is 1.22 bits per heavy atom. The highest BCUT2D eigenvalue weighted by molar-refractivity contribution is 5.87. The van der Waals surface area contributed by atoms with E-state index in [1.165, 1.54) is 24.0 Å². The third kappa shape index (κ3) is 2.32. The number of hydrogen-bond donors (Lipinski definition) is 1. The maximum Gasteiger partial charge on any atom is 0.223 e. The summed E-state index contributed by atoms with van der Waals surface area (Å²) in [6.07, 6.45) is 5.77. The molecule has 0 aliphatic heterocycles. The number of aryl methyl sites for hydroxylation is 1. The highest BCUT2D eigenvalue weighted by Crippen LogP contribution is 2.35. The van der Waals surface area contributed by atoms with Gasteiger partial charge in [-0.3, -0.25) is 0 Å². The van der Waals surface area contributed by atoms with Crippen molar-refractivity contribution in [2.24, 2.45) is 0 Å².